The molecule has 0 bridgehead atoms. The van der Waals surface area contributed by atoms with E-state index in [4.69, 9.17) is 4.74 Å². The van der Waals surface area contributed by atoms with Gasteiger partial charge in [-0.2, -0.15) is 0 Å². The van der Waals surface area contributed by atoms with Gasteiger partial charge in [-0.1, -0.05) is 12.8 Å². The Labute approximate surface area is 173 Å². The first-order chi connectivity index (χ1) is 14.5. The van der Waals surface area contributed by atoms with Gasteiger partial charge in [0.25, 0.3) is 5.56 Å². The molecular weight excluding hydrogens is 385 g/mol. The molecule has 1 aromatic heterocycles. The molecule has 2 amide bonds. The number of nitrogens with zero attached hydrogens (tertiary/aromatic N) is 1. The van der Waals surface area contributed by atoms with E-state index >= 15 is 0 Å². The molecule has 0 unspecified atom stereocenters. The summed E-state index contributed by atoms with van der Waals surface area (Å²) in [5.41, 5.74) is 1.50. The van der Waals surface area contributed by atoms with E-state index in [1.54, 1.807) is 18.1 Å². The van der Waals surface area contributed by atoms with Crippen molar-refractivity contribution in [2.45, 2.75) is 38.3 Å². The van der Waals surface area contributed by atoms with Crippen molar-refractivity contribution in [3.8, 4) is 5.75 Å². The summed E-state index contributed by atoms with van der Waals surface area (Å²) in [5.74, 6) is 0.303. The number of halogens is 1. The number of carbonyl (C=O) groups is 1. The minimum Gasteiger partial charge on any atom is -0.497 e. The molecule has 1 saturated carbocycles. The molecule has 1 fully saturated rings. The molecule has 1 aliphatic rings. The molecule has 2 N–H and O–H groups in total. The fourth-order valence-corrected chi connectivity index (χ4v) is 3.96. The number of carbonyl (C=O) groups excluding carboxylic acids is 1. The average Bonchev–Trinajstić information content (AvgIpc) is 3.27. The average molecular weight is 409 g/mol. The van der Waals surface area contributed by atoms with Crippen LogP contribution < -0.4 is 15.6 Å². The van der Waals surface area contributed by atoms with Gasteiger partial charge in [0.1, 0.15) is 11.6 Å². The third kappa shape index (κ3) is 4.30. The Morgan fingerprint density at radius 1 is 1.17 bits per heavy atom. The smallest absolute Gasteiger partial charge is 0.322 e. The molecule has 3 aromatic rings. The summed E-state index contributed by atoms with van der Waals surface area (Å²) >= 11 is 0. The second-order valence-electron chi connectivity index (χ2n) is 7.58. The van der Waals surface area contributed by atoms with Crippen LogP contribution in [0.3, 0.4) is 0 Å². The summed E-state index contributed by atoms with van der Waals surface area (Å²) < 4.78 is 18.4. The van der Waals surface area contributed by atoms with E-state index in [1.165, 1.54) is 24.3 Å². The number of rotatable bonds is 5. The molecular formula is C23H24FN3O3. The van der Waals surface area contributed by atoms with Gasteiger partial charge >= 0.3 is 6.03 Å². The highest BCUT2D eigenvalue weighted by molar-refractivity contribution is 5.89. The van der Waals surface area contributed by atoms with Gasteiger partial charge in [0, 0.05) is 23.4 Å². The Morgan fingerprint density at radius 2 is 1.90 bits per heavy atom. The predicted octanol–water partition coefficient (Wildman–Crippen LogP) is 4.65. The number of fused-ring (bicyclic) bond motifs is 1. The van der Waals surface area contributed by atoms with Crippen molar-refractivity contribution in [1.29, 1.82) is 0 Å². The lowest BCUT2D eigenvalue weighted by atomic mass is 10.1. The first-order valence-corrected chi connectivity index (χ1v) is 10.1. The number of aromatic nitrogens is 1. The van der Waals surface area contributed by atoms with Crippen LogP contribution in [0.15, 0.2) is 53.3 Å². The standard InChI is InChI=1S/C23H24FN3O3/c1-30-20-11-6-15-12-16(22(28)26-21(15)13-20)14-27(19-4-2-3-5-19)23(29)25-18-9-7-17(24)8-10-18/h6-13,19H,2-5,14H2,1H3,(H,25,29)(H,26,28). The molecule has 2 aromatic carbocycles. The van der Waals surface area contributed by atoms with E-state index in [0.29, 0.717) is 22.5 Å². The van der Waals surface area contributed by atoms with Crippen molar-refractivity contribution in [3.63, 3.8) is 0 Å². The third-order valence-corrected chi connectivity index (χ3v) is 5.59. The molecule has 156 valence electrons. The fourth-order valence-electron chi connectivity index (χ4n) is 3.96. The van der Waals surface area contributed by atoms with Crippen molar-refractivity contribution < 1.29 is 13.9 Å². The number of methoxy groups -OCH3 is 1. The van der Waals surface area contributed by atoms with Crippen LogP contribution in [-0.2, 0) is 6.54 Å². The number of nitrogens with one attached hydrogen (secondary N) is 2. The Morgan fingerprint density at radius 3 is 2.60 bits per heavy atom. The van der Waals surface area contributed by atoms with Crippen LogP contribution in [0.1, 0.15) is 31.2 Å². The predicted molar refractivity (Wildman–Crippen MR) is 114 cm³/mol. The SMILES string of the molecule is COc1ccc2cc(CN(C(=O)Nc3ccc(F)cc3)C3CCCC3)c(=O)[nH]c2c1. The lowest BCUT2D eigenvalue weighted by Crippen LogP contribution is -2.42. The summed E-state index contributed by atoms with van der Waals surface area (Å²) in [6, 6.07) is 12.7. The van der Waals surface area contributed by atoms with Gasteiger partial charge in [0.05, 0.1) is 19.2 Å². The number of aromatic amines is 1. The summed E-state index contributed by atoms with van der Waals surface area (Å²) in [5, 5.41) is 3.70. The van der Waals surface area contributed by atoms with Gasteiger partial charge in [-0.25, -0.2) is 9.18 Å². The Bertz CT molecular complexity index is 1100. The maximum Gasteiger partial charge on any atom is 0.322 e. The highest BCUT2D eigenvalue weighted by Gasteiger charge is 2.27. The Balaban J connectivity index is 1.61. The number of benzene rings is 2. The summed E-state index contributed by atoms with van der Waals surface area (Å²) in [7, 11) is 1.58. The first kappa shape index (κ1) is 19.9. The van der Waals surface area contributed by atoms with Gasteiger partial charge in [-0.3, -0.25) is 4.79 Å². The summed E-state index contributed by atoms with van der Waals surface area (Å²) in [6.45, 7) is 0.203. The van der Waals surface area contributed by atoms with E-state index in [-0.39, 0.29) is 30.0 Å². The van der Waals surface area contributed by atoms with E-state index < -0.39 is 0 Å². The van der Waals surface area contributed by atoms with E-state index in [9.17, 15) is 14.0 Å². The highest BCUT2D eigenvalue weighted by Crippen LogP contribution is 2.26. The largest absolute Gasteiger partial charge is 0.497 e. The number of hydrogen-bond acceptors (Lipinski definition) is 3. The van der Waals surface area contributed by atoms with Gasteiger partial charge in [-0.05, 0) is 60.7 Å². The van der Waals surface area contributed by atoms with E-state index in [0.717, 1.165) is 31.1 Å². The second-order valence-corrected chi connectivity index (χ2v) is 7.58. The molecule has 4 rings (SSSR count). The second kappa shape index (κ2) is 8.57. The van der Waals surface area contributed by atoms with Crippen molar-refractivity contribution in [2.75, 3.05) is 12.4 Å². The van der Waals surface area contributed by atoms with Gasteiger partial charge in [-0.15, -0.1) is 0 Å². The maximum absolute atomic E-state index is 13.2. The molecule has 1 aliphatic carbocycles. The van der Waals surface area contributed by atoms with Crippen LogP contribution in [0.2, 0.25) is 0 Å². The third-order valence-electron chi connectivity index (χ3n) is 5.59. The number of pyridine rings is 1. The summed E-state index contributed by atoms with van der Waals surface area (Å²) in [6.07, 6.45) is 3.91. The van der Waals surface area contributed by atoms with E-state index in [1.807, 2.05) is 18.2 Å². The maximum atomic E-state index is 13.2. The zero-order valence-corrected chi connectivity index (χ0v) is 16.8. The lowest BCUT2D eigenvalue weighted by molar-refractivity contribution is 0.184. The van der Waals surface area contributed by atoms with Crippen LogP contribution in [0.25, 0.3) is 10.9 Å². The lowest BCUT2D eigenvalue weighted by Gasteiger charge is -2.29. The Hall–Kier alpha value is -3.35. The monoisotopic (exact) mass is 409 g/mol. The minimum atomic E-state index is -0.361. The number of ether oxygens (including phenoxy) is 1. The molecule has 0 atom stereocenters. The normalized spacial score (nSPS) is 14.1. The zero-order valence-electron chi connectivity index (χ0n) is 16.8. The molecule has 0 aliphatic heterocycles. The van der Waals surface area contributed by atoms with Crippen LogP contribution in [0.4, 0.5) is 14.9 Å². The van der Waals surface area contributed by atoms with Crippen molar-refractivity contribution >= 4 is 22.6 Å². The molecule has 1 heterocycles. The van der Waals surface area contributed by atoms with Crippen LogP contribution >= 0.6 is 0 Å². The Kier molecular flexibility index (Phi) is 5.70. The number of hydrogen-bond donors (Lipinski definition) is 2. The number of amides is 2. The van der Waals surface area contributed by atoms with Gasteiger partial charge in [0.2, 0.25) is 0 Å². The van der Waals surface area contributed by atoms with Crippen LogP contribution in [0, 0.1) is 5.82 Å². The highest BCUT2D eigenvalue weighted by atomic mass is 19.1. The van der Waals surface area contributed by atoms with Gasteiger partial charge < -0.3 is 19.9 Å². The number of urea groups is 1. The summed E-state index contributed by atoms with van der Waals surface area (Å²) in [4.78, 5) is 30.4. The van der Waals surface area contributed by atoms with Gasteiger partial charge in [0.15, 0.2) is 0 Å². The van der Waals surface area contributed by atoms with Crippen molar-refractivity contribution in [2.24, 2.45) is 0 Å². The molecule has 0 spiro atoms. The molecule has 30 heavy (non-hydrogen) atoms. The molecule has 7 heteroatoms. The minimum absolute atomic E-state index is 0.0661. The quantitative estimate of drug-likeness (QED) is 0.644. The first-order valence-electron chi connectivity index (χ1n) is 10.1. The van der Waals surface area contributed by atoms with E-state index in [2.05, 4.69) is 10.3 Å². The number of anilines is 1. The fraction of sp³-hybridized carbons (Fsp3) is 0.304. The molecule has 6 nitrogen and oxygen atoms in total. The molecule has 0 saturated heterocycles. The van der Waals surface area contributed by atoms with Crippen LogP contribution in [0.5, 0.6) is 5.75 Å². The van der Waals surface area contributed by atoms with Crippen molar-refractivity contribution in [3.05, 3.63) is 70.3 Å². The van der Waals surface area contributed by atoms with Crippen molar-refractivity contribution in [1.82, 2.24) is 9.88 Å². The molecule has 0 radical (unpaired) electrons. The topological polar surface area (TPSA) is 74.4 Å². The van der Waals surface area contributed by atoms with Crippen LogP contribution in [-0.4, -0.2) is 29.1 Å². The number of H-pyrrole nitrogens is 1. The zero-order chi connectivity index (χ0) is 21.1.